The number of aliphatic hydroxyl groups is 1. The number of hydrogen-bond donors (Lipinski definition) is 1. The third kappa shape index (κ3) is 8.55. The average molecular weight is 447 g/mol. The lowest BCUT2D eigenvalue weighted by atomic mass is 9.89. The van der Waals surface area contributed by atoms with E-state index >= 15 is 0 Å². The van der Waals surface area contributed by atoms with E-state index in [1.807, 2.05) is 32.9 Å². The molecule has 6 heteroatoms. The molecule has 180 valence electrons. The number of ketones is 1. The van der Waals surface area contributed by atoms with Gasteiger partial charge >= 0.3 is 6.09 Å². The molecule has 2 rings (SSSR count). The van der Waals surface area contributed by atoms with Crippen LogP contribution in [0.1, 0.15) is 88.7 Å². The SMILES string of the molecule is CC(C)N1CCC(CCC(=O)c2ccc(C(O)CCN(C)C(=O)OC(C)(C)C)cc2)CC1. The van der Waals surface area contributed by atoms with E-state index in [1.165, 1.54) is 17.7 Å². The highest BCUT2D eigenvalue weighted by Gasteiger charge is 2.22. The second-order valence-electron chi connectivity index (χ2n) is 10.4. The highest BCUT2D eigenvalue weighted by Crippen LogP contribution is 2.24. The molecule has 32 heavy (non-hydrogen) atoms. The van der Waals surface area contributed by atoms with Crippen molar-refractivity contribution < 1.29 is 19.4 Å². The molecule has 1 saturated heterocycles. The summed E-state index contributed by atoms with van der Waals surface area (Å²) in [6.07, 6.45) is 3.18. The first-order valence-corrected chi connectivity index (χ1v) is 12.0. The van der Waals surface area contributed by atoms with E-state index in [0.717, 1.165) is 25.1 Å². The second-order valence-corrected chi connectivity index (χ2v) is 10.4. The van der Waals surface area contributed by atoms with Gasteiger partial charge in [0.15, 0.2) is 5.78 Å². The maximum Gasteiger partial charge on any atom is 0.410 e. The Kier molecular flexibility index (Phi) is 9.71. The smallest absolute Gasteiger partial charge is 0.410 e. The van der Waals surface area contributed by atoms with Crippen LogP contribution in [0.2, 0.25) is 0 Å². The summed E-state index contributed by atoms with van der Waals surface area (Å²) in [6, 6.07) is 7.84. The van der Waals surface area contributed by atoms with Crippen LogP contribution >= 0.6 is 0 Å². The number of aliphatic hydroxyl groups excluding tert-OH is 1. The van der Waals surface area contributed by atoms with Crippen molar-refractivity contribution in [2.75, 3.05) is 26.7 Å². The third-order valence-corrected chi connectivity index (χ3v) is 6.22. The Morgan fingerprint density at radius 1 is 1.16 bits per heavy atom. The zero-order valence-corrected chi connectivity index (χ0v) is 20.8. The molecule has 1 aromatic carbocycles. The Hall–Kier alpha value is -1.92. The van der Waals surface area contributed by atoms with E-state index in [9.17, 15) is 14.7 Å². The lowest BCUT2D eigenvalue weighted by Gasteiger charge is -2.34. The number of nitrogens with zero attached hydrogens (tertiary/aromatic N) is 2. The maximum absolute atomic E-state index is 12.6. The van der Waals surface area contributed by atoms with E-state index < -0.39 is 17.8 Å². The van der Waals surface area contributed by atoms with Crippen molar-refractivity contribution in [3.05, 3.63) is 35.4 Å². The molecule has 1 N–H and O–H groups in total. The highest BCUT2D eigenvalue weighted by atomic mass is 16.6. The molecule has 1 heterocycles. The summed E-state index contributed by atoms with van der Waals surface area (Å²) in [5, 5.41) is 10.5. The number of carbonyl (C=O) groups is 2. The molecule has 1 aliphatic heterocycles. The van der Waals surface area contributed by atoms with E-state index in [4.69, 9.17) is 4.74 Å². The zero-order chi connectivity index (χ0) is 23.9. The molecule has 0 saturated carbocycles. The second kappa shape index (κ2) is 11.8. The number of amides is 1. The Labute approximate surface area is 193 Å². The van der Waals surface area contributed by atoms with Crippen LogP contribution in [-0.4, -0.2) is 65.1 Å². The van der Waals surface area contributed by atoms with Gasteiger partial charge in [0, 0.05) is 31.6 Å². The number of rotatable bonds is 9. The summed E-state index contributed by atoms with van der Waals surface area (Å²) >= 11 is 0. The molecule has 6 nitrogen and oxygen atoms in total. The van der Waals surface area contributed by atoms with E-state index in [1.54, 1.807) is 19.2 Å². The largest absolute Gasteiger partial charge is 0.444 e. The van der Waals surface area contributed by atoms with Gasteiger partial charge in [-0.2, -0.15) is 0 Å². The summed E-state index contributed by atoms with van der Waals surface area (Å²) in [5.41, 5.74) is 0.907. The van der Waals surface area contributed by atoms with Gasteiger partial charge < -0.3 is 19.6 Å². The number of Topliss-reactive ketones (excluding diaryl/α,β-unsaturated/α-hetero) is 1. The minimum atomic E-state index is -0.699. The van der Waals surface area contributed by atoms with Crippen LogP contribution in [-0.2, 0) is 4.74 Å². The normalized spacial score (nSPS) is 16.8. The molecule has 0 radical (unpaired) electrons. The van der Waals surface area contributed by atoms with E-state index in [2.05, 4.69) is 18.7 Å². The summed E-state index contributed by atoms with van der Waals surface area (Å²) < 4.78 is 5.33. The quantitative estimate of drug-likeness (QED) is 0.537. The molecule has 1 aliphatic rings. The summed E-state index contributed by atoms with van der Waals surface area (Å²) in [7, 11) is 1.66. The first-order chi connectivity index (χ1) is 15.0. The van der Waals surface area contributed by atoms with Crippen molar-refractivity contribution in [1.29, 1.82) is 0 Å². The molecule has 1 unspecified atom stereocenters. The highest BCUT2D eigenvalue weighted by molar-refractivity contribution is 5.96. The Morgan fingerprint density at radius 3 is 2.28 bits per heavy atom. The topological polar surface area (TPSA) is 70.1 Å². The minimum absolute atomic E-state index is 0.169. The van der Waals surface area contributed by atoms with Crippen LogP contribution in [0.5, 0.6) is 0 Å². The number of carbonyl (C=O) groups excluding carboxylic acids is 2. The molecule has 0 bridgehead atoms. The Balaban J connectivity index is 1.77. The van der Waals surface area contributed by atoms with Crippen molar-refractivity contribution in [3.63, 3.8) is 0 Å². The Morgan fingerprint density at radius 2 is 1.75 bits per heavy atom. The lowest BCUT2D eigenvalue weighted by molar-refractivity contribution is 0.0273. The number of ether oxygens (including phenoxy) is 1. The predicted molar refractivity (Wildman–Crippen MR) is 128 cm³/mol. The van der Waals surface area contributed by atoms with Crippen LogP contribution < -0.4 is 0 Å². The first-order valence-electron chi connectivity index (χ1n) is 12.0. The average Bonchev–Trinajstić information content (AvgIpc) is 2.74. The third-order valence-electron chi connectivity index (χ3n) is 6.22. The molecule has 1 atom stereocenters. The minimum Gasteiger partial charge on any atom is -0.444 e. The van der Waals surface area contributed by atoms with Gasteiger partial charge in [0.1, 0.15) is 5.60 Å². The van der Waals surface area contributed by atoms with Crippen LogP contribution in [0, 0.1) is 5.92 Å². The number of piperidine rings is 1. The van der Waals surface area contributed by atoms with Crippen LogP contribution in [0.25, 0.3) is 0 Å². The van der Waals surface area contributed by atoms with Crippen molar-refractivity contribution in [2.24, 2.45) is 5.92 Å². The molecular weight excluding hydrogens is 404 g/mol. The van der Waals surface area contributed by atoms with Gasteiger partial charge in [-0.05, 0) is 84.9 Å². The molecule has 1 aromatic rings. The van der Waals surface area contributed by atoms with Gasteiger partial charge in [0.25, 0.3) is 0 Å². The fraction of sp³-hybridized carbons (Fsp3) is 0.692. The van der Waals surface area contributed by atoms with Gasteiger partial charge in [-0.25, -0.2) is 4.79 Å². The molecular formula is C26H42N2O4. The van der Waals surface area contributed by atoms with Gasteiger partial charge in [-0.1, -0.05) is 24.3 Å². The monoisotopic (exact) mass is 446 g/mol. The molecule has 0 spiro atoms. The number of likely N-dealkylation sites (tertiary alicyclic amines) is 1. The number of benzene rings is 1. The van der Waals surface area contributed by atoms with Gasteiger partial charge in [0.2, 0.25) is 0 Å². The lowest BCUT2D eigenvalue weighted by Crippen LogP contribution is -2.38. The summed E-state index contributed by atoms with van der Waals surface area (Å²) in [6.45, 7) is 12.6. The van der Waals surface area contributed by atoms with Crippen molar-refractivity contribution in [1.82, 2.24) is 9.80 Å². The fourth-order valence-corrected chi connectivity index (χ4v) is 4.04. The van der Waals surface area contributed by atoms with Gasteiger partial charge in [0.05, 0.1) is 6.10 Å². The fourth-order valence-electron chi connectivity index (χ4n) is 4.04. The molecule has 1 amide bonds. The van der Waals surface area contributed by atoms with Crippen molar-refractivity contribution in [2.45, 2.75) is 84.5 Å². The van der Waals surface area contributed by atoms with Crippen molar-refractivity contribution >= 4 is 11.9 Å². The van der Waals surface area contributed by atoms with Crippen LogP contribution in [0.15, 0.2) is 24.3 Å². The van der Waals surface area contributed by atoms with Gasteiger partial charge in [-0.15, -0.1) is 0 Å². The standard InChI is InChI=1S/C26H42N2O4/c1-19(2)28-17-13-20(14-18-28)7-12-23(29)21-8-10-22(11-9-21)24(30)15-16-27(6)25(31)32-26(3,4)5/h8-11,19-20,24,30H,7,12-18H2,1-6H3. The first kappa shape index (κ1) is 26.3. The van der Waals surface area contributed by atoms with Crippen LogP contribution in [0.4, 0.5) is 4.79 Å². The van der Waals surface area contributed by atoms with E-state index in [0.29, 0.717) is 36.9 Å². The summed E-state index contributed by atoms with van der Waals surface area (Å²) in [4.78, 5) is 28.6. The zero-order valence-electron chi connectivity index (χ0n) is 20.8. The maximum atomic E-state index is 12.6. The van der Waals surface area contributed by atoms with Crippen molar-refractivity contribution in [3.8, 4) is 0 Å². The van der Waals surface area contributed by atoms with Gasteiger partial charge in [-0.3, -0.25) is 4.79 Å². The molecule has 0 aliphatic carbocycles. The molecule has 1 fully saturated rings. The predicted octanol–water partition coefficient (Wildman–Crippen LogP) is 5.06. The Bertz CT molecular complexity index is 731. The number of hydrogen-bond acceptors (Lipinski definition) is 5. The molecule has 0 aromatic heterocycles. The van der Waals surface area contributed by atoms with Crippen LogP contribution in [0.3, 0.4) is 0 Å². The van der Waals surface area contributed by atoms with E-state index in [-0.39, 0.29) is 5.78 Å². The summed E-state index contributed by atoms with van der Waals surface area (Å²) in [5.74, 6) is 0.805.